The third-order valence-corrected chi connectivity index (χ3v) is 9.04. The summed E-state index contributed by atoms with van der Waals surface area (Å²) in [5.41, 5.74) is 1.98. The Morgan fingerprint density at radius 3 is 2.36 bits per heavy atom. The molecular weight excluding hydrogens is 542 g/mol. The standard InChI is InChI=1S/C31H34F2N6O3/c1-18-13-24(35-19(2)25(18)29(41)42)37-11-12-39(30(3,4)16-37)28(40)23-15-34-27-26(36-23)31(9-5-6-10-31)17-38(27)20-7-8-21(32)22(33)14-20/h7-8,13-15H,5-6,9-12,16-17H2,1-4H3,(H,41,42). The van der Waals surface area contributed by atoms with Gasteiger partial charge in [-0.3, -0.25) is 4.79 Å². The first-order valence-corrected chi connectivity index (χ1v) is 14.3. The van der Waals surface area contributed by atoms with Crippen molar-refractivity contribution in [1.82, 2.24) is 19.9 Å². The molecule has 4 heterocycles. The second kappa shape index (κ2) is 9.99. The maximum Gasteiger partial charge on any atom is 0.337 e. The van der Waals surface area contributed by atoms with E-state index in [1.165, 1.54) is 12.3 Å². The summed E-state index contributed by atoms with van der Waals surface area (Å²) in [6, 6.07) is 5.64. The van der Waals surface area contributed by atoms with Crippen LogP contribution in [0.3, 0.4) is 0 Å². The first-order valence-electron chi connectivity index (χ1n) is 14.3. The van der Waals surface area contributed by atoms with Crippen LogP contribution in [0.1, 0.15) is 77.3 Å². The quantitative estimate of drug-likeness (QED) is 0.454. The van der Waals surface area contributed by atoms with Gasteiger partial charge < -0.3 is 19.8 Å². The van der Waals surface area contributed by atoms with Crippen molar-refractivity contribution in [2.24, 2.45) is 0 Å². The molecule has 2 fully saturated rings. The van der Waals surface area contributed by atoms with Crippen molar-refractivity contribution in [3.05, 3.63) is 70.3 Å². The number of aryl methyl sites for hydroxylation is 2. The van der Waals surface area contributed by atoms with Crippen LogP contribution in [0.2, 0.25) is 0 Å². The first-order chi connectivity index (χ1) is 19.9. The number of hydrogen-bond donors (Lipinski definition) is 1. The Balaban J connectivity index is 1.28. The number of benzene rings is 1. The minimum atomic E-state index is -0.998. The van der Waals surface area contributed by atoms with Gasteiger partial charge in [0.25, 0.3) is 5.91 Å². The molecule has 0 atom stereocenters. The van der Waals surface area contributed by atoms with E-state index in [1.54, 1.807) is 26.0 Å². The largest absolute Gasteiger partial charge is 0.478 e. The fourth-order valence-corrected chi connectivity index (χ4v) is 6.97. The number of carboxylic acid groups (broad SMARTS) is 1. The molecule has 11 heteroatoms. The molecule has 1 saturated carbocycles. The van der Waals surface area contributed by atoms with E-state index in [0.717, 1.165) is 37.4 Å². The Hall–Kier alpha value is -4.15. The smallest absolute Gasteiger partial charge is 0.337 e. The molecule has 2 aromatic heterocycles. The molecule has 1 aromatic carbocycles. The van der Waals surface area contributed by atoms with Crippen LogP contribution in [0.5, 0.6) is 0 Å². The zero-order valence-electron chi connectivity index (χ0n) is 24.2. The lowest BCUT2D eigenvalue weighted by molar-refractivity contribution is 0.0505. The number of nitrogens with zero attached hydrogens (tertiary/aromatic N) is 6. The van der Waals surface area contributed by atoms with Crippen LogP contribution in [0, 0.1) is 25.5 Å². The highest BCUT2D eigenvalue weighted by Crippen LogP contribution is 2.51. The normalized spacial score (nSPS) is 19.0. The Kier molecular flexibility index (Phi) is 6.66. The van der Waals surface area contributed by atoms with E-state index in [9.17, 15) is 23.5 Å². The summed E-state index contributed by atoms with van der Waals surface area (Å²) >= 11 is 0. The number of amides is 1. The van der Waals surface area contributed by atoms with Crippen LogP contribution in [0.4, 0.5) is 26.1 Å². The molecule has 0 radical (unpaired) electrons. The Morgan fingerprint density at radius 1 is 0.976 bits per heavy atom. The summed E-state index contributed by atoms with van der Waals surface area (Å²) in [6.07, 6.45) is 5.33. The Bertz CT molecular complexity index is 1580. The molecule has 0 bridgehead atoms. The lowest BCUT2D eigenvalue weighted by atomic mass is 9.84. The SMILES string of the molecule is Cc1cc(N2CCN(C(=O)c3cnc4c(n3)C3(CCCC3)CN4c3ccc(F)c(F)c3)C(C)(C)C2)nc(C)c1C(=O)O. The van der Waals surface area contributed by atoms with Gasteiger partial charge in [0.05, 0.1) is 28.7 Å². The summed E-state index contributed by atoms with van der Waals surface area (Å²) in [7, 11) is 0. The van der Waals surface area contributed by atoms with Gasteiger partial charge in [-0.1, -0.05) is 12.8 Å². The number of carbonyl (C=O) groups is 2. The molecule has 1 N–H and O–H groups in total. The molecule has 3 aromatic rings. The number of fused-ring (bicyclic) bond motifs is 2. The van der Waals surface area contributed by atoms with Crippen LogP contribution in [0.25, 0.3) is 0 Å². The monoisotopic (exact) mass is 576 g/mol. The maximum absolute atomic E-state index is 14.1. The van der Waals surface area contributed by atoms with Gasteiger partial charge in [0.15, 0.2) is 17.5 Å². The van der Waals surface area contributed by atoms with Gasteiger partial charge in [0.1, 0.15) is 11.5 Å². The molecule has 6 rings (SSSR count). The minimum absolute atomic E-state index is 0.212. The molecule has 1 saturated heterocycles. The van der Waals surface area contributed by atoms with E-state index in [4.69, 9.17) is 4.98 Å². The Morgan fingerprint density at radius 2 is 1.71 bits per heavy atom. The van der Waals surface area contributed by atoms with Crippen molar-refractivity contribution < 1.29 is 23.5 Å². The molecule has 42 heavy (non-hydrogen) atoms. The van der Waals surface area contributed by atoms with Gasteiger partial charge in [-0.05, 0) is 64.3 Å². The molecular formula is C31H34F2N6O3. The van der Waals surface area contributed by atoms with E-state index in [2.05, 4.69) is 14.9 Å². The number of hydrogen-bond acceptors (Lipinski definition) is 7. The number of carbonyl (C=O) groups excluding carboxylic acids is 1. The van der Waals surface area contributed by atoms with Crippen molar-refractivity contribution in [1.29, 1.82) is 0 Å². The van der Waals surface area contributed by atoms with E-state index in [0.29, 0.717) is 54.8 Å². The van der Waals surface area contributed by atoms with Crippen molar-refractivity contribution >= 4 is 29.2 Å². The number of aromatic carboxylic acids is 1. The van der Waals surface area contributed by atoms with Gasteiger partial charge >= 0.3 is 5.97 Å². The van der Waals surface area contributed by atoms with Gasteiger partial charge in [-0.2, -0.15) is 0 Å². The van der Waals surface area contributed by atoms with Crippen LogP contribution in [0.15, 0.2) is 30.5 Å². The van der Waals surface area contributed by atoms with Gasteiger partial charge in [0.2, 0.25) is 0 Å². The number of halogens is 2. The predicted molar refractivity (Wildman–Crippen MR) is 154 cm³/mol. The third kappa shape index (κ3) is 4.55. The third-order valence-electron chi connectivity index (χ3n) is 9.04. The number of piperazine rings is 1. The Labute approximate surface area is 243 Å². The summed E-state index contributed by atoms with van der Waals surface area (Å²) < 4.78 is 27.8. The van der Waals surface area contributed by atoms with Crippen molar-refractivity contribution in [2.45, 2.75) is 64.3 Å². The molecule has 0 unspecified atom stereocenters. The predicted octanol–water partition coefficient (Wildman–Crippen LogP) is 5.17. The van der Waals surface area contributed by atoms with Crippen LogP contribution < -0.4 is 9.80 Å². The number of anilines is 3. The summed E-state index contributed by atoms with van der Waals surface area (Å²) in [5, 5.41) is 9.51. The lowest BCUT2D eigenvalue weighted by Crippen LogP contribution is -2.61. The molecule has 2 aliphatic heterocycles. The first kappa shape index (κ1) is 28.0. The maximum atomic E-state index is 14.1. The van der Waals surface area contributed by atoms with Crippen molar-refractivity contribution in [3.63, 3.8) is 0 Å². The highest BCUT2D eigenvalue weighted by Gasteiger charge is 2.48. The van der Waals surface area contributed by atoms with Crippen LogP contribution >= 0.6 is 0 Å². The molecule has 220 valence electrons. The van der Waals surface area contributed by atoms with E-state index in [-0.39, 0.29) is 22.6 Å². The number of carboxylic acids is 1. The zero-order chi connectivity index (χ0) is 30.0. The van der Waals surface area contributed by atoms with Gasteiger partial charge in [-0.15, -0.1) is 0 Å². The summed E-state index contributed by atoms with van der Waals surface area (Å²) in [6.45, 7) is 9.47. The topological polar surface area (TPSA) is 103 Å². The number of rotatable bonds is 4. The van der Waals surface area contributed by atoms with Gasteiger partial charge in [-0.25, -0.2) is 28.5 Å². The van der Waals surface area contributed by atoms with Gasteiger partial charge in [0, 0.05) is 43.3 Å². The van der Waals surface area contributed by atoms with E-state index in [1.807, 2.05) is 23.6 Å². The molecule has 3 aliphatic rings. The van der Waals surface area contributed by atoms with Crippen LogP contribution in [-0.4, -0.2) is 68.6 Å². The lowest BCUT2D eigenvalue weighted by Gasteiger charge is -2.47. The zero-order valence-corrected chi connectivity index (χ0v) is 24.2. The highest BCUT2D eigenvalue weighted by molar-refractivity contribution is 5.93. The van der Waals surface area contributed by atoms with Crippen molar-refractivity contribution in [3.8, 4) is 0 Å². The molecule has 1 amide bonds. The van der Waals surface area contributed by atoms with Crippen LogP contribution in [-0.2, 0) is 5.41 Å². The minimum Gasteiger partial charge on any atom is -0.478 e. The fraction of sp³-hybridized carbons (Fsp3) is 0.452. The average Bonchev–Trinajstić information content (AvgIpc) is 3.53. The van der Waals surface area contributed by atoms with E-state index >= 15 is 0 Å². The van der Waals surface area contributed by atoms with E-state index < -0.39 is 23.1 Å². The summed E-state index contributed by atoms with van der Waals surface area (Å²) in [5.74, 6) is -1.75. The number of aromatic nitrogens is 3. The molecule has 9 nitrogen and oxygen atoms in total. The second-order valence-electron chi connectivity index (χ2n) is 12.4. The molecule has 1 aliphatic carbocycles. The summed E-state index contributed by atoms with van der Waals surface area (Å²) in [4.78, 5) is 45.5. The van der Waals surface area contributed by atoms with Crippen molar-refractivity contribution in [2.75, 3.05) is 36.0 Å². The fourth-order valence-electron chi connectivity index (χ4n) is 6.97. The number of pyridine rings is 1. The average molecular weight is 577 g/mol. The highest BCUT2D eigenvalue weighted by atomic mass is 19.2. The second-order valence-corrected chi connectivity index (χ2v) is 12.4. The molecule has 1 spiro atoms.